The van der Waals surface area contributed by atoms with Gasteiger partial charge in [0.05, 0.1) is 32.3 Å². The highest BCUT2D eigenvalue weighted by Crippen LogP contribution is 2.43. The Morgan fingerprint density at radius 3 is 2.52 bits per heavy atom. The van der Waals surface area contributed by atoms with Crippen LogP contribution in [0.4, 0.5) is 0 Å². The molecule has 0 bridgehead atoms. The molecule has 1 N–H and O–H groups in total. The van der Waals surface area contributed by atoms with Gasteiger partial charge in [0.1, 0.15) is 5.75 Å². The molecule has 3 atom stereocenters. The number of methoxy groups -OCH3 is 1. The second-order valence-electron chi connectivity index (χ2n) is 9.55. The smallest absolute Gasteiger partial charge is 0.242 e. The summed E-state index contributed by atoms with van der Waals surface area (Å²) in [6, 6.07) is 16.0. The number of fused-ring (bicyclic) bond motifs is 1. The molecule has 0 aromatic heterocycles. The van der Waals surface area contributed by atoms with Crippen molar-refractivity contribution < 1.29 is 19.4 Å². The van der Waals surface area contributed by atoms with Crippen molar-refractivity contribution in [2.24, 2.45) is 5.92 Å². The maximum absolute atomic E-state index is 13.1. The van der Waals surface area contributed by atoms with E-state index in [-0.39, 0.29) is 48.9 Å². The third kappa shape index (κ3) is 4.01. The van der Waals surface area contributed by atoms with Gasteiger partial charge in [-0.05, 0) is 41.7 Å². The third-order valence-electron chi connectivity index (χ3n) is 7.72. The quantitative estimate of drug-likeness (QED) is 0.761. The minimum atomic E-state index is -0.225. The first-order valence-electron chi connectivity index (χ1n) is 12.1. The number of aliphatic hydroxyl groups excluding tert-OH is 1. The molecule has 2 aromatic rings. The van der Waals surface area contributed by atoms with Crippen molar-refractivity contribution in [1.29, 1.82) is 0 Å². The lowest BCUT2D eigenvalue weighted by molar-refractivity contribution is -0.168. The van der Waals surface area contributed by atoms with E-state index in [0.29, 0.717) is 6.54 Å². The highest BCUT2D eigenvalue weighted by atomic mass is 16.5. The Morgan fingerprint density at radius 2 is 1.82 bits per heavy atom. The van der Waals surface area contributed by atoms with Crippen LogP contribution in [0.1, 0.15) is 43.6 Å². The van der Waals surface area contributed by atoms with Gasteiger partial charge in [-0.15, -0.1) is 0 Å². The summed E-state index contributed by atoms with van der Waals surface area (Å²) >= 11 is 0. The number of rotatable bonds is 5. The average Bonchev–Trinajstić information content (AvgIpc) is 2.85. The summed E-state index contributed by atoms with van der Waals surface area (Å²) in [4.78, 5) is 29.6. The van der Waals surface area contributed by atoms with E-state index in [1.54, 1.807) is 12.0 Å². The number of piperazine rings is 1. The molecule has 2 aliphatic heterocycles. The molecule has 2 amide bonds. The Kier molecular flexibility index (Phi) is 6.11. The number of benzene rings is 2. The number of carbonyl (C=O) groups excluding carboxylic acids is 2. The van der Waals surface area contributed by atoms with Crippen LogP contribution in [0.15, 0.2) is 48.5 Å². The summed E-state index contributed by atoms with van der Waals surface area (Å²) in [6.45, 7) is 0.630. The van der Waals surface area contributed by atoms with Crippen LogP contribution >= 0.6 is 0 Å². The third-order valence-corrected chi connectivity index (χ3v) is 7.72. The molecule has 174 valence electrons. The van der Waals surface area contributed by atoms with Crippen LogP contribution in [-0.4, -0.2) is 65.6 Å². The van der Waals surface area contributed by atoms with Gasteiger partial charge in [-0.2, -0.15) is 0 Å². The zero-order chi connectivity index (χ0) is 22.9. The Morgan fingerprint density at radius 1 is 1.06 bits per heavy atom. The molecule has 6 heteroatoms. The van der Waals surface area contributed by atoms with E-state index in [1.165, 1.54) is 6.42 Å². The number of hydrogen-bond acceptors (Lipinski definition) is 4. The number of aliphatic hydroxyl groups is 1. The number of carbonyl (C=O) groups is 2. The van der Waals surface area contributed by atoms with Gasteiger partial charge in [0, 0.05) is 18.4 Å². The number of hydrogen-bond donors (Lipinski definition) is 1. The number of ether oxygens (including phenoxy) is 1. The van der Waals surface area contributed by atoms with Crippen LogP contribution < -0.4 is 4.74 Å². The van der Waals surface area contributed by atoms with Crippen LogP contribution in [0, 0.1) is 5.92 Å². The van der Waals surface area contributed by atoms with Crippen molar-refractivity contribution >= 4 is 11.8 Å². The van der Waals surface area contributed by atoms with Gasteiger partial charge in [-0.1, -0.05) is 55.7 Å². The lowest BCUT2D eigenvalue weighted by atomic mass is 9.73. The molecule has 0 unspecified atom stereocenters. The van der Waals surface area contributed by atoms with Gasteiger partial charge in [-0.25, -0.2) is 0 Å². The minimum absolute atomic E-state index is 0.0280. The molecule has 6 nitrogen and oxygen atoms in total. The predicted octanol–water partition coefficient (Wildman–Crippen LogP) is 3.44. The second kappa shape index (κ2) is 9.18. The Hall–Kier alpha value is -2.86. The molecule has 1 saturated carbocycles. The predicted molar refractivity (Wildman–Crippen MR) is 126 cm³/mol. The van der Waals surface area contributed by atoms with Crippen LogP contribution in [0.25, 0.3) is 11.1 Å². The normalized spacial score (nSPS) is 25.4. The Balaban J connectivity index is 1.35. The fourth-order valence-electron chi connectivity index (χ4n) is 5.98. The van der Waals surface area contributed by atoms with E-state index in [4.69, 9.17) is 4.74 Å². The molecule has 0 spiro atoms. The average molecular weight is 449 g/mol. The molecule has 33 heavy (non-hydrogen) atoms. The maximum Gasteiger partial charge on any atom is 0.242 e. The van der Waals surface area contributed by atoms with Crippen molar-refractivity contribution in [2.75, 3.05) is 26.8 Å². The number of amides is 2. The van der Waals surface area contributed by atoms with Gasteiger partial charge in [0.25, 0.3) is 0 Å². The van der Waals surface area contributed by atoms with E-state index in [0.717, 1.165) is 48.1 Å². The molecular formula is C27H32N2O4. The van der Waals surface area contributed by atoms with Crippen LogP contribution in [0.5, 0.6) is 5.75 Å². The first-order chi connectivity index (χ1) is 16.1. The van der Waals surface area contributed by atoms with Gasteiger partial charge in [-0.3, -0.25) is 9.59 Å². The van der Waals surface area contributed by atoms with E-state index in [2.05, 4.69) is 24.3 Å². The Labute approximate surface area is 195 Å². The van der Waals surface area contributed by atoms with E-state index >= 15 is 0 Å². The van der Waals surface area contributed by atoms with Gasteiger partial charge >= 0.3 is 0 Å². The van der Waals surface area contributed by atoms with Crippen molar-refractivity contribution in [3.63, 3.8) is 0 Å². The summed E-state index contributed by atoms with van der Waals surface area (Å²) in [6.07, 6.45) is 5.27. The standard InChI is InChI=1S/C27H32N2O4/c1-33-22-9-5-8-21(14-22)18-10-12-19(13-11-18)26-23-15-28(16-25(31)29(23)24(26)17-30)27(32)20-6-3-2-4-7-20/h5,8-14,20,23-24,26,30H,2-4,6-7,15-17H2,1H3/t23-,24+,26+/m0/s1. The number of nitrogens with zero attached hydrogens (tertiary/aromatic N) is 2. The Bertz CT molecular complexity index is 1020. The minimum Gasteiger partial charge on any atom is -0.497 e. The zero-order valence-corrected chi connectivity index (χ0v) is 19.2. The van der Waals surface area contributed by atoms with E-state index in [1.807, 2.05) is 29.2 Å². The first-order valence-corrected chi connectivity index (χ1v) is 12.1. The summed E-state index contributed by atoms with van der Waals surface area (Å²) in [5.41, 5.74) is 3.26. The molecule has 2 heterocycles. The fourth-order valence-corrected chi connectivity index (χ4v) is 5.98. The van der Waals surface area contributed by atoms with Crippen LogP contribution in [-0.2, 0) is 9.59 Å². The molecule has 1 aliphatic carbocycles. The van der Waals surface area contributed by atoms with Gasteiger partial charge < -0.3 is 19.6 Å². The van der Waals surface area contributed by atoms with Gasteiger partial charge in [0.2, 0.25) is 11.8 Å². The van der Waals surface area contributed by atoms with Crippen molar-refractivity contribution in [2.45, 2.75) is 50.1 Å². The highest BCUT2D eigenvalue weighted by Gasteiger charge is 2.54. The fraction of sp³-hybridized carbons (Fsp3) is 0.481. The lowest BCUT2D eigenvalue weighted by Crippen LogP contribution is -2.73. The zero-order valence-electron chi connectivity index (χ0n) is 19.2. The summed E-state index contributed by atoms with van der Waals surface area (Å²) in [7, 11) is 1.66. The largest absolute Gasteiger partial charge is 0.497 e. The van der Waals surface area contributed by atoms with E-state index < -0.39 is 0 Å². The molecular weight excluding hydrogens is 416 g/mol. The first kappa shape index (κ1) is 22.0. The molecule has 3 aliphatic rings. The van der Waals surface area contributed by atoms with E-state index in [9.17, 15) is 14.7 Å². The lowest BCUT2D eigenvalue weighted by Gasteiger charge is -2.59. The van der Waals surface area contributed by atoms with Crippen molar-refractivity contribution in [1.82, 2.24) is 9.80 Å². The monoisotopic (exact) mass is 448 g/mol. The van der Waals surface area contributed by atoms with Crippen molar-refractivity contribution in [3.8, 4) is 16.9 Å². The molecule has 5 rings (SSSR count). The summed E-state index contributed by atoms with van der Waals surface area (Å²) < 4.78 is 5.34. The SMILES string of the molecule is COc1cccc(-c2ccc([C@H]3[C@@H](CO)N4C(=O)CN(C(=O)C5CCCCC5)C[C@@H]34)cc2)c1. The van der Waals surface area contributed by atoms with Crippen LogP contribution in [0.2, 0.25) is 0 Å². The molecule has 2 saturated heterocycles. The van der Waals surface area contributed by atoms with Gasteiger partial charge in [0.15, 0.2) is 0 Å². The van der Waals surface area contributed by atoms with Crippen LogP contribution in [0.3, 0.4) is 0 Å². The topological polar surface area (TPSA) is 70.1 Å². The molecule has 0 radical (unpaired) electrons. The molecule has 3 fully saturated rings. The highest BCUT2D eigenvalue weighted by molar-refractivity contribution is 5.88. The van der Waals surface area contributed by atoms with Crippen molar-refractivity contribution in [3.05, 3.63) is 54.1 Å². The summed E-state index contributed by atoms with van der Waals surface area (Å²) in [5, 5.41) is 10.1. The maximum atomic E-state index is 13.1. The molecule has 2 aromatic carbocycles. The second-order valence-corrected chi connectivity index (χ2v) is 9.55. The summed E-state index contributed by atoms with van der Waals surface area (Å²) in [5.74, 6) is 1.00.